The van der Waals surface area contributed by atoms with Crippen LogP contribution in [0.3, 0.4) is 0 Å². The fraction of sp³-hybridized carbons (Fsp3) is 0.538. The zero-order valence-electron chi connectivity index (χ0n) is 9.85. The first-order valence-corrected chi connectivity index (χ1v) is 6.06. The quantitative estimate of drug-likeness (QED) is 0.818. The molecule has 0 atom stereocenters. The summed E-state index contributed by atoms with van der Waals surface area (Å²) in [6, 6.07) is 3.65. The van der Waals surface area contributed by atoms with Gasteiger partial charge in [-0.15, -0.1) is 0 Å². The summed E-state index contributed by atoms with van der Waals surface area (Å²) < 4.78 is 0. The number of pyridine rings is 1. The molecule has 1 aromatic heterocycles. The molecule has 4 heteroatoms. The van der Waals surface area contributed by atoms with Crippen LogP contribution >= 0.6 is 0 Å². The van der Waals surface area contributed by atoms with E-state index in [1.807, 2.05) is 12.1 Å². The minimum atomic E-state index is -0.673. The summed E-state index contributed by atoms with van der Waals surface area (Å²) in [6.07, 6.45) is 7.39. The van der Waals surface area contributed by atoms with E-state index in [4.69, 9.17) is 0 Å². The van der Waals surface area contributed by atoms with E-state index < -0.39 is 5.60 Å². The molecular weight excluding hydrogens is 216 g/mol. The molecule has 1 aliphatic rings. The van der Waals surface area contributed by atoms with Crippen molar-refractivity contribution in [3.8, 4) is 0 Å². The van der Waals surface area contributed by atoms with Gasteiger partial charge in [-0.05, 0) is 30.5 Å². The Labute approximate surface area is 101 Å². The van der Waals surface area contributed by atoms with E-state index in [9.17, 15) is 9.90 Å². The predicted octanol–water partition coefficient (Wildman–Crippen LogP) is 1.05. The standard InChI is InChI=1S/C13H18N2O2/c16-12(9-11-3-7-14-8-4-11)15-10-13(17)5-1-2-6-13/h3-4,7-8,17H,1-2,5-6,9-10H2,(H,15,16). The summed E-state index contributed by atoms with van der Waals surface area (Å²) >= 11 is 0. The Morgan fingerprint density at radius 2 is 2.00 bits per heavy atom. The third-order valence-electron chi connectivity index (χ3n) is 3.26. The van der Waals surface area contributed by atoms with E-state index >= 15 is 0 Å². The first-order valence-electron chi connectivity index (χ1n) is 6.06. The normalized spacial score (nSPS) is 17.9. The maximum atomic E-state index is 11.7. The molecule has 0 spiro atoms. The number of carbonyl (C=O) groups is 1. The Morgan fingerprint density at radius 3 is 2.65 bits per heavy atom. The van der Waals surface area contributed by atoms with Crippen LogP contribution in [0.25, 0.3) is 0 Å². The van der Waals surface area contributed by atoms with Gasteiger partial charge in [-0.1, -0.05) is 12.8 Å². The number of rotatable bonds is 4. The Morgan fingerprint density at radius 1 is 1.35 bits per heavy atom. The van der Waals surface area contributed by atoms with Crippen LogP contribution in [0.5, 0.6) is 0 Å². The minimum absolute atomic E-state index is 0.0449. The highest BCUT2D eigenvalue weighted by molar-refractivity contribution is 5.78. The molecule has 4 nitrogen and oxygen atoms in total. The monoisotopic (exact) mass is 234 g/mol. The Balaban J connectivity index is 1.78. The van der Waals surface area contributed by atoms with Gasteiger partial charge < -0.3 is 10.4 Å². The van der Waals surface area contributed by atoms with Gasteiger partial charge in [-0.3, -0.25) is 9.78 Å². The van der Waals surface area contributed by atoms with Crippen LogP contribution in [0.2, 0.25) is 0 Å². The zero-order valence-corrected chi connectivity index (χ0v) is 9.85. The first kappa shape index (κ1) is 12.0. The topological polar surface area (TPSA) is 62.2 Å². The lowest BCUT2D eigenvalue weighted by Gasteiger charge is -2.22. The van der Waals surface area contributed by atoms with E-state index in [1.54, 1.807) is 12.4 Å². The van der Waals surface area contributed by atoms with Crippen molar-refractivity contribution in [1.82, 2.24) is 10.3 Å². The minimum Gasteiger partial charge on any atom is -0.388 e. The van der Waals surface area contributed by atoms with Crippen molar-refractivity contribution >= 4 is 5.91 Å². The Hall–Kier alpha value is -1.42. The van der Waals surface area contributed by atoms with Crippen LogP contribution in [-0.2, 0) is 11.2 Å². The van der Waals surface area contributed by atoms with Crippen LogP contribution in [0, 0.1) is 0 Å². The molecule has 17 heavy (non-hydrogen) atoms. The molecule has 1 heterocycles. The molecule has 1 saturated carbocycles. The summed E-state index contributed by atoms with van der Waals surface area (Å²) in [6.45, 7) is 0.372. The molecule has 1 aliphatic carbocycles. The van der Waals surface area contributed by atoms with Crippen LogP contribution in [0.15, 0.2) is 24.5 Å². The third kappa shape index (κ3) is 3.53. The molecule has 1 aromatic rings. The van der Waals surface area contributed by atoms with Crippen molar-refractivity contribution in [1.29, 1.82) is 0 Å². The number of hydrogen-bond donors (Lipinski definition) is 2. The number of nitrogens with one attached hydrogen (secondary N) is 1. The predicted molar refractivity (Wildman–Crippen MR) is 64.4 cm³/mol. The molecule has 1 amide bonds. The maximum Gasteiger partial charge on any atom is 0.224 e. The van der Waals surface area contributed by atoms with Crippen molar-refractivity contribution in [3.05, 3.63) is 30.1 Å². The van der Waals surface area contributed by atoms with Crippen molar-refractivity contribution in [2.75, 3.05) is 6.54 Å². The van der Waals surface area contributed by atoms with E-state index in [0.29, 0.717) is 13.0 Å². The average Bonchev–Trinajstić information content (AvgIpc) is 2.76. The molecule has 2 rings (SSSR count). The Bertz CT molecular complexity index is 372. The van der Waals surface area contributed by atoms with E-state index in [-0.39, 0.29) is 5.91 Å². The number of carbonyl (C=O) groups excluding carboxylic acids is 1. The summed E-state index contributed by atoms with van der Waals surface area (Å²) in [5, 5.41) is 12.9. The van der Waals surface area contributed by atoms with Crippen molar-refractivity contribution in [2.45, 2.75) is 37.7 Å². The summed E-state index contributed by atoms with van der Waals surface area (Å²) in [5.74, 6) is -0.0449. The highest BCUT2D eigenvalue weighted by atomic mass is 16.3. The van der Waals surface area contributed by atoms with Gasteiger partial charge in [-0.25, -0.2) is 0 Å². The number of amides is 1. The van der Waals surface area contributed by atoms with Gasteiger partial charge in [-0.2, -0.15) is 0 Å². The molecule has 0 saturated heterocycles. The van der Waals surface area contributed by atoms with Crippen LogP contribution in [0.1, 0.15) is 31.2 Å². The zero-order chi connectivity index (χ0) is 12.1. The maximum absolute atomic E-state index is 11.7. The van der Waals surface area contributed by atoms with Gasteiger partial charge >= 0.3 is 0 Å². The highest BCUT2D eigenvalue weighted by Crippen LogP contribution is 2.28. The van der Waals surface area contributed by atoms with Gasteiger partial charge in [0, 0.05) is 18.9 Å². The van der Waals surface area contributed by atoms with Gasteiger partial charge in [0.25, 0.3) is 0 Å². The van der Waals surface area contributed by atoms with Crippen LogP contribution in [-0.4, -0.2) is 28.1 Å². The van der Waals surface area contributed by atoms with Crippen molar-refractivity contribution < 1.29 is 9.90 Å². The summed E-state index contributed by atoms with van der Waals surface area (Å²) in [4.78, 5) is 15.6. The van der Waals surface area contributed by atoms with E-state index in [1.165, 1.54) is 0 Å². The van der Waals surface area contributed by atoms with Gasteiger partial charge in [0.2, 0.25) is 5.91 Å². The first-order chi connectivity index (χ1) is 8.18. The number of hydrogen-bond acceptors (Lipinski definition) is 3. The highest BCUT2D eigenvalue weighted by Gasteiger charge is 2.31. The summed E-state index contributed by atoms with van der Waals surface area (Å²) in [5.41, 5.74) is 0.268. The second-order valence-electron chi connectivity index (χ2n) is 4.74. The fourth-order valence-corrected chi connectivity index (χ4v) is 2.22. The molecular formula is C13H18N2O2. The molecule has 0 radical (unpaired) electrons. The second kappa shape index (κ2) is 5.27. The molecule has 0 bridgehead atoms. The van der Waals surface area contributed by atoms with E-state index in [2.05, 4.69) is 10.3 Å². The lowest BCUT2D eigenvalue weighted by molar-refractivity contribution is -0.121. The van der Waals surface area contributed by atoms with Gasteiger partial charge in [0.15, 0.2) is 0 Å². The van der Waals surface area contributed by atoms with Crippen LogP contribution in [0.4, 0.5) is 0 Å². The van der Waals surface area contributed by atoms with Gasteiger partial charge in [0.05, 0.1) is 12.0 Å². The fourth-order valence-electron chi connectivity index (χ4n) is 2.22. The number of nitrogens with zero attached hydrogens (tertiary/aromatic N) is 1. The van der Waals surface area contributed by atoms with Crippen molar-refractivity contribution in [3.63, 3.8) is 0 Å². The Kier molecular flexibility index (Phi) is 3.74. The molecule has 0 aliphatic heterocycles. The average molecular weight is 234 g/mol. The largest absolute Gasteiger partial charge is 0.388 e. The lowest BCUT2D eigenvalue weighted by atomic mass is 10.0. The lowest BCUT2D eigenvalue weighted by Crippen LogP contribution is -2.41. The molecule has 2 N–H and O–H groups in total. The third-order valence-corrected chi connectivity index (χ3v) is 3.26. The summed E-state index contributed by atoms with van der Waals surface area (Å²) in [7, 11) is 0. The molecule has 1 fully saturated rings. The second-order valence-corrected chi connectivity index (χ2v) is 4.74. The molecule has 0 aromatic carbocycles. The van der Waals surface area contributed by atoms with E-state index in [0.717, 1.165) is 31.2 Å². The van der Waals surface area contributed by atoms with Crippen LogP contribution < -0.4 is 5.32 Å². The van der Waals surface area contributed by atoms with Gasteiger partial charge in [0.1, 0.15) is 0 Å². The SMILES string of the molecule is O=C(Cc1ccncc1)NCC1(O)CCCC1. The van der Waals surface area contributed by atoms with Crippen molar-refractivity contribution in [2.24, 2.45) is 0 Å². The molecule has 0 unspecified atom stereocenters. The number of aromatic nitrogens is 1. The smallest absolute Gasteiger partial charge is 0.224 e. The molecule has 92 valence electrons. The number of aliphatic hydroxyl groups is 1.